The predicted octanol–water partition coefficient (Wildman–Crippen LogP) is 4.01. The molecule has 0 saturated carbocycles. The second-order valence-corrected chi connectivity index (χ2v) is 8.62. The topological polar surface area (TPSA) is 15.3 Å². The summed E-state index contributed by atoms with van der Waals surface area (Å²) < 4.78 is 0. The number of hydrogen-bond acceptors (Lipinski definition) is 3. The van der Waals surface area contributed by atoms with Gasteiger partial charge in [-0.1, -0.05) is 41.5 Å². The highest BCUT2D eigenvalue weighted by atomic mass is 32.2. The van der Waals surface area contributed by atoms with Gasteiger partial charge in [0.05, 0.1) is 0 Å². The van der Waals surface area contributed by atoms with Crippen LogP contribution in [0.3, 0.4) is 0 Å². The van der Waals surface area contributed by atoms with E-state index in [0.29, 0.717) is 17.0 Å². The molecule has 0 aliphatic carbocycles. The van der Waals surface area contributed by atoms with E-state index >= 15 is 0 Å². The van der Waals surface area contributed by atoms with Crippen molar-refractivity contribution in [1.29, 1.82) is 0 Å². The van der Waals surface area contributed by atoms with E-state index in [4.69, 9.17) is 0 Å². The molecule has 120 valence electrons. The van der Waals surface area contributed by atoms with Crippen molar-refractivity contribution in [3.63, 3.8) is 0 Å². The molecular weight excluding hydrogens is 264 g/mol. The minimum absolute atomic E-state index is 0.351. The van der Waals surface area contributed by atoms with Gasteiger partial charge in [0.15, 0.2) is 0 Å². The Bertz CT molecular complexity index is 269. The van der Waals surface area contributed by atoms with Gasteiger partial charge in [-0.05, 0) is 42.7 Å². The first-order chi connectivity index (χ1) is 9.39. The average molecular weight is 301 g/mol. The molecule has 0 aromatic rings. The fourth-order valence-corrected chi connectivity index (χ4v) is 3.88. The Morgan fingerprint density at radius 1 is 1.20 bits per heavy atom. The Morgan fingerprint density at radius 3 is 2.35 bits per heavy atom. The lowest BCUT2D eigenvalue weighted by molar-refractivity contribution is 0.00813. The summed E-state index contributed by atoms with van der Waals surface area (Å²) in [5, 5.41) is 3.84. The van der Waals surface area contributed by atoms with Gasteiger partial charge in [-0.2, -0.15) is 11.8 Å². The van der Waals surface area contributed by atoms with Crippen molar-refractivity contribution in [1.82, 2.24) is 10.2 Å². The number of thioether (sulfide) groups is 1. The van der Waals surface area contributed by atoms with Crippen LogP contribution in [0.4, 0.5) is 0 Å². The highest BCUT2D eigenvalue weighted by molar-refractivity contribution is 7.99. The molecule has 1 fully saturated rings. The van der Waals surface area contributed by atoms with Crippen LogP contribution in [0.15, 0.2) is 0 Å². The average Bonchev–Trinajstić information content (AvgIpc) is 2.42. The molecule has 2 nitrogen and oxygen atoms in total. The number of hydrogen-bond donors (Lipinski definition) is 1. The maximum Gasteiger partial charge on any atom is 0.0329 e. The first kappa shape index (κ1) is 18.3. The summed E-state index contributed by atoms with van der Waals surface area (Å²) >= 11 is 2.08. The molecule has 0 amide bonds. The van der Waals surface area contributed by atoms with Gasteiger partial charge >= 0.3 is 0 Å². The van der Waals surface area contributed by atoms with E-state index in [1.807, 2.05) is 0 Å². The van der Waals surface area contributed by atoms with E-state index in [-0.39, 0.29) is 0 Å². The second-order valence-electron chi connectivity index (χ2n) is 7.23. The van der Waals surface area contributed by atoms with Gasteiger partial charge in [-0.15, -0.1) is 0 Å². The lowest BCUT2D eigenvalue weighted by Crippen LogP contribution is -2.66. The third-order valence-electron chi connectivity index (χ3n) is 5.03. The van der Waals surface area contributed by atoms with E-state index in [0.717, 1.165) is 6.54 Å². The summed E-state index contributed by atoms with van der Waals surface area (Å²) in [7, 11) is 0. The Hall–Kier alpha value is 0.270. The van der Waals surface area contributed by atoms with Gasteiger partial charge in [0.2, 0.25) is 0 Å². The van der Waals surface area contributed by atoms with Crippen molar-refractivity contribution >= 4 is 11.8 Å². The standard InChI is InChI=1S/C17H36N2S/c1-7-17(8-2)14-18-15(16(4,5)6)13-19(17)11-10-12-20-9-3/h15,18H,7-14H2,1-6H3. The van der Waals surface area contributed by atoms with E-state index in [1.54, 1.807) is 0 Å². The SMILES string of the molecule is CCSCCCN1CC(C(C)(C)C)NCC1(CC)CC. The normalized spacial score (nSPS) is 24.0. The molecule has 0 radical (unpaired) electrons. The zero-order chi connectivity index (χ0) is 15.2. The molecule has 1 heterocycles. The molecule has 1 rings (SSSR count). The molecule has 3 heteroatoms. The van der Waals surface area contributed by atoms with Crippen molar-refractivity contribution < 1.29 is 0 Å². The fourth-order valence-electron chi connectivity index (χ4n) is 3.26. The van der Waals surface area contributed by atoms with Crippen molar-refractivity contribution in [2.45, 2.75) is 72.4 Å². The number of piperazine rings is 1. The lowest BCUT2D eigenvalue weighted by Gasteiger charge is -2.52. The van der Waals surface area contributed by atoms with Gasteiger partial charge in [-0.3, -0.25) is 4.90 Å². The van der Waals surface area contributed by atoms with Crippen LogP contribution in [0.2, 0.25) is 0 Å². The fraction of sp³-hybridized carbons (Fsp3) is 1.00. The van der Waals surface area contributed by atoms with E-state index in [2.05, 4.69) is 63.5 Å². The summed E-state index contributed by atoms with van der Waals surface area (Å²) in [5.74, 6) is 2.56. The number of nitrogens with one attached hydrogen (secondary N) is 1. The largest absolute Gasteiger partial charge is 0.310 e. The maximum atomic E-state index is 3.84. The molecule has 0 aromatic heterocycles. The highest BCUT2D eigenvalue weighted by Gasteiger charge is 2.41. The molecule has 1 N–H and O–H groups in total. The van der Waals surface area contributed by atoms with Crippen LogP contribution in [-0.2, 0) is 0 Å². The van der Waals surface area contributed by atoms with Crippen LogP contribution in [-0.4, -0.2) is 47.6 Å². The third kappa shape index (κ3) is 4.64. The minimum atomic E-state index is 0.351. The highest BCUT2D eigenvalue weighted by Crippen LogP contribution is 2.32. The number of rotatable bonds is 7. The molecular formula is C17H36N2S. The van der Waals surface area contributed by atoms with Gasteiger partial charge in [0.1, 0.15) is 0 Å². The van der Waals surface area contributed by atoms with Crippen molar-refractivity contribution in [3.05, 3.63) is 0 Å². The molecule has 0 aromatic carbocycles. The summed E-state index contributed by atoms with van der Waals surface area (Å²) in [6.45, 7) is 17.7. The maximum absolute atomic E-state index is 3.84. The van der Waals surface area contributed by atoms with Gasteiger partial charge in [0, 0.05) is 24.7 Å². The molecule has 1 aliphatic rings. The van der Waals surface area contributed by atoms with Crippen LogP contribution in [0.5, 0.6) is 0 Å². The van der Waals surface area contributed by atoms with E-state index in [1.165, 1.54) is 43.9 Å². The monoisotopic (exact) mass is 300 g/mol. The lowest BCUT2D eigenvalue weighted by atomic mass is 9.80. The van der Waals surface area contributed by atoms with Crippen LogP contribution in [0, 0.1) is 5.41 Å². The van der Waals surface area contributed by atoms with Gasteiger partial charge < -0.3 is 5.32 Å². The first-order valence-corrected chi connectivity index (χ1v) is 9.61. The van der Waals surface area contributed by atoms with E-state index in [9.17, 15) is 0 Å². The zero-order valence-corrected chi connectivity index (χ0v) is 15.4. The molecule has 1 unspecified atom stereocenters. The summed E-state index contributed by atoms with van der Waals surface area (Å²) in [4.78, 5) is 2.80. The van der Waals surface area contributed by atoms with Gasteiger partial charge in [-0.25, -0.2) is 0 Å². The van der Waals surface area contributed by atoms with Crippen LogP contribution in [0.1, 0.15) is 60.8 Å². The summed E-state index contributed by atoms with van der Waals surface area (Å²) in [6.07, 6.45) is 3.85. The van der Waals surface area contributed by atoms with Crippen LogP contribution >= 0.6 is 11.8 Å². The predicted molar refractivity (Wildman–Crippen MR) is 93.7 cm³/mol. The van der Waals surface area contributed by atoms with Gasteiger partial charge in [0.25, 0.3) is 0 Å². The second kappa shape index (κ2) is 8.05. The zero-order valence-electron chi connectivity index (χ0n) is 14.6. The Labute approximate surface area is 131 Å². The Balaban J connectivity index is 2.68. The van der Waals surface area contributed by atoms with Crippen LogP contribution in [0.25, 0.3) is 0 Å². The first-order valence-electron chi connectivity index (χ1n) is 8.45. The van der Waals surface area contributed by atoms with Crippen LogP contribution < -0.4 is 5.32 Å². The quantitative estimate of drug-likeness (QED) is 0.715. The molecule has 20 heavy (non-hydrogen) atoms. The third-order valence-corrected chi connectivity index (χ3v) is 6.02. The minimum Gasteiger partial charge on any atom is -0.310 e. The van der Waals surface area contributed by atoms with Crippen molar-refractivity contribution in [2.24, 2.45) is 5.41 Å². The molecule has 1 atom stereocenters. The Kier molecular flexibility index (Phi) is 7.37. The van der Waals surface area contributed by atoms with Crippen molar-refractivity contribution in [2.75, 3.05) is 31.1 Å². The molecule has 1 saturated heterocycles. The number of nitrogens with zero attached hydrogens (tertiary/aromatic N) is 1. The molecule has 0 spiro atoms. The molecule has 0 bridgehead atoms. The van der Waals surface area contributed by atoms with E-state index < -0.39 is 0 Å². The smallest absolute Gasteiger partial charge is 0.0329 e. The molecule has 1 aliphatic heterocycles. The Morgan fingerprint density at radius 2 is 1.85 bits per heavy atom. The summed E-state index contributed by atoms with van der Waals surface area (Å²) in [6, 6.07) is 0.618. The summed E-state index contributed by atoms with van der Waals surface area (Å²) in [5.41, 5.74) is 0.739. The van der Waals surface area contributed by atoms with Crippen molar-refractivity contribution in [3.8, 4) is 0 Å².